The predicted octanol–water partition coefficient (Wildman–Crippen LogP) is 3.70. The standard InChI is InChI=1S/C25H26N6O4/c1-16-21(22(30-35-16)17-8-6-5-7-9-17)23(32)28-20-11-10-19(29-24(20)33-4)18-14-26-25(27-15-18)34-13-12-31(2)3/h5-11,14-15H,12-13H2,1-4H3,(H,28,32). The molecule has 3 heterocycles. The third-order valence-electron chi connectivity index (χ3n) is 5.13. The lowest BCUT2D eigenvalue weighted by Crippen LogP contribution is -2.20. The fraction of sp³-hybridized carbons (Fsp3) is 0.240. The molecule has 35 heavy (non-hydrogen) atoms. The topological polar surface area (TPSA) is 116 Å². The predicted molar refractivity (Wildman–Crippen MR) is 130 cm³/mol. The third kappa shape index (κ3) is 5.61. The van der Waals surface area contributed by atoms with Crippen molar-refractivity contribution in [3.05, 3.63) is 66.2 Å². The number of ether oxygens (including phenoxy) is 2. The maximum absolute atomic E-state index is 13.1. The minimum Gasteiger partial charge on any atom is -0.479 e. The molecule has 4 rings (SSSR count). The van der Waals surface area contributed by atoms with Crippen molar-refractivity contribution >= 4 is 11.6 Å². The molecule has 0 radical (unpaired) electrons. The number of pyridine rings is 1. The third-order valence-corrected chi connectivity index (χ3v) is 5.13. The van der Waals surface area contributed by atoms with Crippen molar-refractivity contribution in [2.24, 2.45) is 0 Å². The van der Waals surface area contributed by atoms with Gasteiger partial charge in [-0.2, -0.15) is 0 Å². The van der Waals surface area contributed by atoms with Crippen molar-refractivity contribution in [2.75, 3.05) is 39.7 Å². The van der Waals surface area contributed by atoms with Crippen LogP contribution in [0.4, 0.5) is 5.69 Å². The molecule has 4 aromatic rings. The molecule has 1 aromatic carbocycles. The van der Waals surface area contributed by atoms with Gasteiger partial charge in [-0.05, 0) is 33.2 Å². The Morgan fingerprint density at radius 3 is 2.49 bits per heavy atom. The number of benzene rings is 1. The zero-order chi connectivity index (χ0) is 24.8. The van der Waals surface area contributed by atoms with E-state index in [0.29, 0.717) is 46.6 Å². The van der Waals surface area contributed by atoms with Crippen molar-refractivity contribution in [3.63, 3.8) is 0 Å². The maximum Gasteiger partial charge on any atom is 0.316 e. The first-order valence-electron chi connectivity index (χ1n) is 10.9. The molecule has 10 heteroatoms. The van der Waals surface area contributed by atoms with E-state index in [1.165, 1.54) is 7.11 Å². The maximum atomic E-state index is 13.1. The zero-order valence-corrected chi connectivity index (χ0v) is 20.0. The number of likely N-dealkylation sites (N-methyl/N-ethyl adjacent to an activating group) is 1. The number of hydrogen-bond acceptors (Lipinski definition) is 9. The van der Waals surface area contributed by atoms with Crippen LogP contribution in [0, 0.1) is 6.92 Å². The minimum atomic E-state index is -0.377. The summed E-state index contributed by atoms with van der Waals surface area (Å²) in [5.41, 5.74) is 3.28. The van der Waals surface area contributed by atoms with Crippen LogP contribution in [0.3, 0.4) is 0 Å². The van der Waals surface area contributed by atoms with Crippen molar-refractivity contribution < 1.29 is 18.8 Å². The van der Waals surface area contributed by atoms with Gasteiger partial charge in [-0.15, -0.1) is 0 Å². The van der Waals surface area contributed by atoms with Gasteiger partial charge in [0.2, 0.25) is 5.88 Å². The lowest BCUT2D eigenvalue weighted by Gasteiger charge is -2.12. The number of aromatic nitrogens is 4. The molecule has 0 saturated carbocycles. The van der Waals surface area contributed by atoms with Gasteiger partial charge in [-0.3, -0.25) is 4.79 Å². The van der Waals surface area contributed by atoms with Crippen LogP contribution in [0.2, 0.25) is 0 Å². The highest BCUT2D eigenvalue weighted by molar-refractivity contribution is 6.09. The molecule has 0 bridgehead atoms. The first-order valence-corrected chi connectivity index (χ1v) is 10.9. The molecule has 0 aliphatic heterocycles. The number of nitrogens with one attached hydrogen (secondary N) is 1. The molecule has 3 aromatic heterocycles. The molecular formula is C25H26N6O4. The molecule has 0 unspecified atom stereocenters. The second-order valence-corrected chi connectivity index (χ2v) is 7.94. The SMILES string of the molecule is COc1nc(-c2cnc(OCCN(C)C)nc2)ccc1NC(=O)c1c(-c2ccccc2)noc1C. The molecule has 180 valence electrons. The molecule has 0 atom stereocenters. The van der Waals surface area contributed by atoms with E-state index in [1.807, 2.05) is 49.3 Å². The quantitative estimate of drug-likeness (QED) is 0.388. The molecule has 0 spiro atoms. The summed E-state index contributed by atoms with van der Waals surface area (Å²) >= 11 is 0. The van der Waals surface area contributed by atoms with Crippen molar-refractivity contribution in [1.82, 2.24) is 25.0 Å². The number of aryl methyl sites for hydroxylation is 1. The van der Waals surface area contributed by atoms with Crippen LogP contribution >= 0.6 is 0 Å². The summed E-state index contributed by atoms with van der Waals surface area (Å²) in [5.74, 6) is 0.283. The number of hydrogen-bond donors (Lipinski definition) is 1. The summed E-state index contributed by atoms with van der Waals surface area (Å²) in [5, 5.41) is 6.92. The minimum absolute atomic E-state index is 0.248. The zero-order valence-electron chi connectivity index (χ0n) is 20.0. The fourth-order valence-corrected chi connectivity index (χ4v) is 3.31. The fourth-order valence-electron chi connectivity index (χ4n) is 3.31. The van der Waals surface area contributed by atoms with Gasteiger partial charge in [0, 0.05) is 30.1 Å². The van der Waals surface area contributed by atoms with E-state index in [-0.39, 0.29) is 11.8 Å². The van der Waals surface area contributed by atoms with E-state index >= 15 is 0 Å². The van der Waals surface area contributed by atoms with E-state index in [4.69, 9.17) is 14.0 Å². The Balaban J connectivity index is 1.52. The van der Waals surface area contributed by atoms with Crippen LogP contribution in [-0.4, -0.2) is 65.3 Å². The van der Waals surface area contributed by atoms with E-state index in [2.05, 4.69) is 25.4 Å². The molecule has 10 nitrogen and oxygen atoms in total. The number of carbonyl (C=O) groups is 1. The number of carbonyl (C=O) groups excluding carboxylic acids is 1. The summed E-state index contributed by atoms with van der Waals surface area (Å²) < 4.78 is 16.3. The molecule has 0 aliphatic rings. The van der Waals surface area contributed by atoms with Crippen LogP contribution in [0.5, 0.6) is 11.9 Å². The van der Waals surface area contributed by atoms with Crippen LogP contribution in [0.15, 0.2) is 59.4 Å². The molecule has 1 amide bonds. The normalized spacial score (nSPS) is 10.9. The van der Waals surface area contributed by atoms with E-state index in [9.17, 15) is 4.79 Å². The van der Waals surface area contributed by atoms with E-state index < -0.39 is 0 Å². The highest BCUT2D eigenvalue weighted by Gasteiger charge is 2.23. The van der Waals surface area contributed by atoms with Gasteiger partial charge in [0.25, 0.3) is 5.91 Å². The Morgan fingerprint density at radius 1 is 1.06 bits per heavy atom. The van der Waals surface area contributed by atoms with E-state index in [1.54, 1.807) is 31.5 Å². The lowest BCUT2D eigenvalue weighted by atomic mass is 10.1. The molecular weight excluding hydrogens is 448 g/mol. The van der Waals surface area contributed by atoms with Crippen LogP contribution in [0.1, 0.15) is 16.1 Å². The Hall–Kier alpha value is -4.31. The number of methoxy groups -OCH3 is 1. The summed E-state index contributed by atoms with van der Waals surface area (Å²) in [7, 11) is 5.42. The smallest absolute Gasteiger partial charge is 0.316 e. The van der Waals surface area contributed by atoms with Gasteiger partial charge in [0.15, 0.2) is 0 Å². The number of amides is 1. The lowest BCUT2D eigenvalue weighted by molar-refractivity contribution is 0.102. The highest BCUT2D eigenvalue weighted by atomic mass is 16.5. The summed E-state index contributed by atoms with van der Waals surface area (Å²) in [6.45, 7) is 2.95. The first-order chi connectivity index (χ1) is 17.0. The molecule has 1 N–H and O–H groups in total. The van der Waals surface area contributed by atoms with Crippen LogP contribution in [-0.2, 0) is 0 Å². The van der Waals surface area contributed by atoms with Crippen molar-refractivity contribution in [3.8, 4) is 34.4 Å². The second kappa shape index (κ2) is 10.7. The summed E-state index contributed by atoms with van der Waals surface area (Å²) in [6.07, 6.45) is 3.26. The van der Waals surface area contributed by atoms with Gasteiger partial charge in [-0.1, -0.05) is 35.5 Å². The average Bonchev–Trinajstić information content (AvgIpc) is 3.26. The van der Waals surface area contributed by atoms with Gasteiger partial charge >= 0.3 is 6.01 Å². The monoisotopic (exact) mass is 474 g/mol. The number of rotatable bonds is 9. The first kappa shape index (κ1) is 23.8. The number of nitrogens with zero attached hydrogens (tertiary/aromatic N) is 5. The van der Waals surface area contributed by atoms with Gasteiger partial charge < -0.3 is 24.2 Å². The van der Waals surface area contributed by atoms with Crippen LogP contribution < -0.4 is 14.8 Å². The largest absolute Gasteiger partial charge is 0.479 e. The van der Waals surface area contributed by atoms with Gasteiger partial charge in [0.1, 0.15) is 29.3 Å². The van der Waals surface area contributed by atoms with Gasteiger partial charge in [-0.25, -0.2) is 15.0 Å². The Kier molecular flexibility index (Phi) is 7.32. The van der Waals surface area contributed by atoms with Crippen molar-refractivity contribution in [1.29, 1.82) is 0 Å². The Morgan fingerprint density at radius 2 is 1.80 bits per heavy atom. The number of anilines is 1. The molecule has 0 fully saturated rings. The summed E-state index contributed by atoms with van der Waals surface area (Å²) in [6, 6.07) is 13.1. The molecule has 0 aliphatic carbocycles. The summed E-state index contributed by atoms with van der Waals surface area (Å²) in [4.78, 5) is 28.2. The van der Waals surface area contributed by atoms with Crippen LogP contribution in [0.25, 0.3) is 22.5 Å². The Bertz CT molecular complexity index is 1290. The van der Waals surface area contributed by atoms with Crippen molar-refractivity contribution in [2.45, 2.75) is 6.92 Å². The van der Waals surface area contributed by atoms with E-state index in [0.717, 1.165) is 12.1 Å². The highest BCUT2D eigenvalue weighted by Crippen LogP contribution is 2.30. The average molecular weight is 475 g/mol. The second-order valence-electron chi connectivity index (χ2n) is 7.94. The van der Waals surface area contributed by atoms with Gasteiger partial charge in [0.05, 0.1) is 12.8 Å². The molecule has 0 saturated heterocycles. The Labute approximate surface area is 202 Å².